The number of likely N-dealkylation sites (N-methyl/N-ethyl adjacent to an activating group) is 2. The van der Waals surface area contributed by atoms with Gasteiger partial charge in [0.25, 0.3) is 5.91 Å². The summed E-state index contributed by atoms with van der Waals surface area (Å²) in [5, 5.41) is 0. The van der Waals surface area contributed by atoms with Crippen molar-refractivity contribution < 1.29 is 9.18 Å². The molecule has 1 unspecified atom stereocenters. The molecule has 1 atom stereocenters. The van der Waals surface area contributed by atoms with Gasteiger partial charge in [-0.3, -0.25) is 4.79 Å². The van der Waals surface area contributed by atoms with Crippen molar-refractivity contribution >= 4 is 11.6 Å². The van der Waals surface area contributed by atoms with Crippen LogP contribution in [0.15, 0.2) is 18.2 Å². The molecular formula is C14H20FN3O. The quantitative estimate of drug-likeness (QED) is 0.826. The van der Waals surface area contributed by atoms with Crippen molar-refractivity contribution in [2.75, 3.05) is 32.9 Å². The Morgan fingerprint density at radius 2 is 2.26 bits per heavy atom. The van der Waals surface area contributed by atoms with Crippen molar-refractivity contribution in [1.29, 1.82) is 0 Å². The maximum absolute atomic E-state index is 13.1. The molecule has 19 heavy (non-hydrogen) atoms. The number of amides is 1. The lowest BCUT2D eigenvalue weighted by Gasteiger charge is -2.35. The third-order valence-electron chi connectivity index (χ3n) is 3.71. The van der Waals surface area contributed by atoms with Crippen LogP contribution in [0, 0.1) is 5.82 Å². The number of nitrogens with zero attached hydrogens (tertiary/aromatic N) is 2. The van der Waals surface area contributed by atoms with Crippen LogP contribution < -0.4 is 5.73 Å². The Balaban J connectivity index is 2.11. The molecule has 0 spiro atoms. The van der Waals surface area contributed by atoms with Crippen LogP contribution in [0.3, 0.4) is 0 Å². The van der Waals surface area contributed by atoms with Crippen LogP contribution in [0.4, 0.5) is 10.1 Å². The molecule has 0 radical (unpaired) electrons. The number of nitrogens with two attached hydrogens (primary N) is 1. The van der Waals surface area contributed by atoms with Crippen LogP contribution in [0.1, 0.15) is 23.2 Å². The van der Waals surface area contributed by atoms with Gasteiger partial charge in [0, 0.05) is 25.2 Å². The number of benzene rings is 1. The average molecular weight is 265 g/mol. The standard InChI is InChI=1S/C14H20FN3O/c1-17-7-3-4-11(9-17)18(2)14(19)10-5-6-12(15)13(16)8-10/h5-6,8,11H,3-4,7,9,16H2,1-2H3. The second kappa shape index (κ2) is 5.57. The van der Waals surface area contributed by atoms with E-state index in [0.29, 0.717) is 5.56 Å². The van der Waals surface area contributed by atoms with Gasteiger partial charge in [0.05, 0.1) is 5.69 Å². The van der Waals surface area contributed by atoms with Crippen LogP contribution in [-0.4, -0.2) is 48.9 Å². The Bertz CT molecular complexity index is 478. The molecule has 0 bridgehead atoms. The summed E-state index contributed by atoms with van der Waals surface area (Å²) in [6.07, 6.45) is 2.09. The first-order valence-electron chi connectivity index (χ1n) is 6.50. The molecule has 104 valence electrons. The van der Waals surface area contributed by atoms with Gasteiger partial charge in [0.2, 0.25) is 0 Å². The van der Waals surface area contributed by atoms with Crippen molar-refractivity contribution in [2.45, 2.75) is 18.9 Å². The highest BCUT2D eigenvalue weighted by molar-refractivity contribution is 5.95. The van der Waals surface area contributed by atoms with Gasteiger partial charge < -0.3 is 15.5 Å². The molecule has 1 fully saturated rings. The van der Waals surface area contributed by atoms with Gasteiger partial charge in [-0.2, -0.15) is 0 Å². The Morgan fingerprint density at radius 1 is 1.53 bits per heavy atom. The van der Waals surface area contributed by atoms with E-state index in [4.69, 9.17) is 5.73 Å². The summed E-state index contributed by atoms with van der Waals surface area (Å²) in [5.41, 5.74) is 5.96. The monoisotopic (exact) mass is 265 g/mol. The summed E-state index contributed by atoms with van der Waals surface area (Å²) < 4.78 is 13.1. The largest absolute Gasteiger partial charge is 0.396 e. The molecule has 5 heteroatoms. The molecule has 1 aromatic rings. The van der Waals surface area contributed by atoms with E-state index < -0.39 is 5.82 Å². The summed E-state index contributed by atoms with van der Waals surface area (Å²) in [5.74, 6) is -0.594. The molecule has 1 heterocycles. The lowest BCUT2D eigenvalue weighted by atomic mass is 10.0. The highest BCUT2D eigenvalue weighted by Gasteiger charge is 2.25. The Morgan fingerprint density at radius 3 is 2.89 bits per heavy atom. The van der Waals surface area contributed by atoms with E-state index in [1.54, 1.807) is 11.9 Å². The fourth-order valence-electron chi connectivity index (χ4n) is 2.50. The first-order valence-corrected chi connectivity index (χ1v) is 6.50. The number of hydrogen-bond acceptors (Lipinski definition) is 3. The summed E-state index contributed by atoms with van der Waals surface area (Å²) in [7, 11) is 3.85. The highest BCUT2D eigenvalue weighted by Crippen LogP contribution is 2.18. The molecule has 1 saturated heterocycles. The molecule has 4 nitrogen and oxygen atoms in total. The number of hydrogen-bond donors (Lipinski definition) is 1. The van der Waals surface area contributed by atoms with Crippen molar-refractivity contribution in [3.8, 4) is 0 Å². The summed E-state index contributed by atoms with van der Waals surface area (Å²) in [4.78, 5) is 16.3. The van der Waals surface area contributed by atoms with E-state index in [2.05, 4.69) is 11.9 Å². The zero-order valence-electron chi connectivity index (χ0n) is 11.4. The van der Waals surface area contributed by atoms with Crippen molar-refractivity contribution in [3.05, 3.63) is 29.6 Å². The second-order valence-electron chi connectivity index (χ2n) is 5.21. The maximum atomic E-state index is 13.1. The third-order valence-corrected chi connectivity index (χ3v) is 3.71. The van der Waals surface area contributed by atoms with Crippen molar-refractivity contribution in [3.63, 3.8) is 0 Å². The first kappa shape index (κ1) is 13.8. The summed E-state index contributed by atoms with van der Waals surface area (Å²) in [6.45, 7) is 1.95. The number of carbonyl (C=O) groups excluding carboxylic acids is 1. The zero-order valence-corrected chi connectivity index (χ0v) is 11.4. The Labute approximate surface area is 113 Å². The van der Waals surface area contributed by atoms with Crippen LogP contribution in [0.25, 0.3) is 0 Å². The van der Waals surface area contributed by atoms with Crippen LogP contribution >= 0.6 is 0 Å². The van der Waals surface area contributed by atoms with Gasteiger partial charge in [0.1, 0.15) is 5.82 Å². The summed E-state index contributed by atoms with van der Waals surface area (Å²) in [6, 6.07) is 4.33. The lowest BCUT2D eigenvalue weighted by molar-refractivity contribution is 0.0644. The van der Waals surface area contributed by atoms with Crippen LogP contribution in [0.2, 0.25) is 0 Å². The van der Waals surface area contributed by atoms with Crippen LogP contribution in [0.5, 0.6) is 0 Å². The summed E-state index contributed by atoms with van der Waals surface area (Å²) >= 11 is 0. The number of piperidine rings is 1. The number of nitrogen functional groups attached to an aromatic ring is 1. The predicted octanol–water partition coefficient (Wildman–Crippen LogP) is 1.57. The van der Waals surface area contributed by atoms with Gasteiger partial charge in [-0.05, 0) is 44.6 Å². The van der Waals surface area contributed by atoms with E-state index in [9.17, 15) is 9.18 Å². The van der Waals surface area contributed by atoms with Gasteiger partial charge in [-0.1, -0.05) is 0 Å². The number of carbonyl (C=O) groups is 1. The predicted molar refractivity (Wildman–Crippen MR) is 73.4 cm³/mol. The fourth-order valence-corrected chi connectivity index (χ4v) is 2.50. The minimum atomic E-state index is -0.489. The fraction of sp³-hybridized carbons (Fsp3) is 0.500. The zero-order chi connectivity index (χ0) is 14.0. The third kappa shape index (κ3) is 3.04. The number of anilines is 1. The first-order chi connectivity index (χ1) is 8.99. The highest BCUT2D eigenvalue weighted by atomic mass is 19.1. The molecule has 0 saturated carbocycles. The molecule has 2 rings (SSSR count). The van der Waals surface area contributed by atoms with E-state index >= 15 is 0 Å². The number of halogens is 1. The minimum Gasteiger partial charge on any atom is -0.396 e. The van der Waals surface area contributed by atoms with E-state index in [1.165, 1.54) is 18.2 Å². The lowest BCUT2D eigenvalue weighted by Crippen LogP contribution is -2.47. The molecule has 0 aliphatic carbocycles. The van der Waals surface area contributed by atoms with E-state index in [0.717, 1.165) is 25.9 Å². The molecule has 1 aromatic carbocycles. The van der Waals surface area contributed by atoms with E-state index in [1.807, 2.05) is 0 Å². The molecular weight excluding hydrogens is 245 g/mol. The van der Waals surface area contributed by atoms with Gasteiger partial charge in [0.15, 0.2) is 0 Å². The second-order valence-corrected chi connectivity index (χ2v) is 5.21. The topological polar surface area (TPSA) is 49.6 Å². The van der Waals surface area contributed by atoms with E-state index in [-0.39, 0.29) is 17.6 Å². The van der Waals surface area contributed by atoms with Gasteiger partial charge in [-0.15, -0.1) is 0 Å². The molecule has 0 aromatic heterocycles. The smallest absolute Gasteiger partial charge is 0.253 e. The van der Waals surface area contributed by atoms with Crippen LogP contribution in [-0.2, 0) is 0 Å². The molecule has 1 aliphatic heterocycles. The number of rotatable bonds is 2. The Kier molecular flexibility index (Phi) is 4.04. The van der Waals surface area contributed by atoms with Crippen molar-refractivity contribution in [1.82, 2.24) is 9.80 Å². The normalized spacial score (nSPS) is 20.3. The van der Waals surface area contributed by atoms with Gasteiger partial charge >= 0.3 is 0 Å². The maximum Gasteiger partial charge on any atom is 0.253 e. The van der Waals surface area contributed by atoms with Gasteiger partial charge in [-0.25, -0.2) is 4.39 Å². The molecule has 1 amide bonds. The average Bonchev–Trinajstić information content (AvgIpc) is 2.40. The molecule has 1 aliphatic rings. The minimum absolute atomic E-state index is 0.0139. The Hall–Kier alpha value is -1.62. The SMILES string of the molecule is CN1CCCC(N(C)C(=O)c2ccc(F)c(N)c2)C1. The molecule has 2 N–H and O–H groups in total. The van der Waals surface area contributed by atoms with Crippen molar-refractivity contribution in [2.24, 2.45) is 0 Å². The number of likely N-dealkylation sites (tertiary alicyclic amines) is 1.